The Morgan fingerprint density at radius 1 is 1.33 bits per heavy atom. The molecule has 2 atom stereocenters. The molecule has 1 aromatic rings. The third-order valence-electron chi connectivity index (χ3n) is 4.35. The summed E-state index contributed by atoms with van der Waals surface area (Å²) in [5.41, 5.74) is 1.49. The number of anilines is 1. The molecule has 1 fully saturated rings. The number of hydrazine groups is 1. The minimum absolute atomic E-state index is 0.00677. The Labute approximate surface area is 156 Å². The van der Waals surface area contributed by atoms with E-state index in [1.54, 1.807) is 0 Å². The Kier molecular flexibility index (Phi) is 5.75. The predicted octanol–water partition coefficient (Wildman–Crippen LogP) is 4.07. The van der Waals surface area contributed by atoms with Crippen molar-refractivity contribution in [1.29, 1.82) is 5.26 Å². The number of hydrogen-bond donors (Lipinski definition) is 3. The Balaban J connectivity index is 2.35. The van der Waals surface area contributed by atoms with E-state index in [2.05, 4.69) is 16.2 Å². The zero-order valence-corrected chi connectivity index (χ0v) is 15.1. The van der Waals surface area contributed by atoms with Crippen molar-refractivity contribution in [3.05, 3.63) is 28.8 Å². The molecule has 4 nitrogen and oxygen atoms in total. The summed E-state index contributed by atoms with van der Waals surface area (Å²) < 4.78 is 78.8. The second kappa shape index (κ2) is 7.26. The Morgan fingerprint density at radius 3 is 2.41 bits per heavy atom. The van der Waals surface area contributed by atoms with Crippen LogP contribution in [0.3, 0.4) is 0 Å². The van der Waals surface area contributed by atoms with Crippen LogP contribution in [-0.2, 0) is 12.6 Å². The molecule has 0 spiro atoms. The molecule has 1 aromatic carbocycles. The van der Waals surface area contributed by atoms with Crippen molar-refractivity contribution in [2.75, 3.05) is 5.32 Å². The number of hydrogen-bond acceptors (Lipinski definition) is 4. The molecule has 27 heavy (non-hydrogen) atoms. The van der Waals surface area contributed by atoms with E-state index in [9.17, 15) is 26.3 Å². The lowest BCUT2D eigenvalue weighted by molar-refractivity contribution is -0.153. The van der Waals surface area contributed by atoms with Gasteiger partial charge in [-0.25, -0.2) is 10.9 Å². The van der Waals surface area contributed by atoms with Gasteiger partial charge < -0.3 is 5.32 Å². The summed E-state index contributed by atoms with van der Waals surface area (Å²) in [7, 11) is 0. The summed E-state index contributed by atoms with van der Waals surface area (Å²) in [4.78, 5) is -0.0886. The van der Waals surface area contributed by atoms with Gasteiger partial charge in [-0.2, -0.15) is 31.6 Å². The zero-order valence-electron chi connectivity index (χ0n) is 14.3. The van der Waals surface area contributed by atoms with Gasteiger partial charge in [-0.05, 0) is 37.5 Å². The van der Waals surface area contributed by atoms with E-state index in [-0.39, 0.29) is 22.7 Å². The first kappa shape index (κ1) is 21.4. The van der Waals surface area contributed by atoms with Gasteiger partial charge in [0, 0.05) is 5.69 Å². The van der Waals surface area contributed by atoms with Gasteiger partial charge in [0.2, 0.25) is 0 Å². The third kappa shape index (κ3) is 4.34. The first-order chi connectivity index (χ1) is 12.3. The molecule has 1 aliphatic rings. The van der Waals surface area contributed by atoms with Crippen molar-refractivity contribution in [3.63, 3.8) is 0 Å². The van der Waals surface area contributed by atoms with Crippen LogP contribution >= 0.6 is 12.2 Å². The van der Waals surface area contributed by atoms with Crippen LogP contribution in [0.25, 0.3) is 0 Å². The third-order valence-corrected chi connectivity index (χ3v) is 4.90. The van der Waals surface area contributed by atoms with Crippen LogP contribution in [0, 0.1) is 11.3 Å². The summed E-state index contributed by atoms with van der Waals surface area (Å²) in [5, 5.41) is 11.6. The number of benzene rings is 1. The fraction of sp³-hybridized carbons (Fsp3) is 0.500. The lowest BCUT2D eigenvalue weighted by Gasteiger charge is -2.27. The molecule has 0 aromatic heterocycles. The normalized spacial score (nSPS) is 23.1. The van der Waals surface area contributed by atoms with Crippen LogP contribution in [0.2, 0.25) is 0 Å². The topological polar surface area (TPSA) is 59.9 Å². The molecule has 1 saturated heterocycles. The number of nitriles is 1. The summed E-state index contributed by atoms with van der Waals surface area (Å²) in [6, 6.07) is 1.96. The van der Waals surface area contributed by atoms with Crippen molar-refractivity contribution >= 4 is 22.9 Å². The van der Waals surface area contributed by atoms with Crippen LogP contribution in [0.5, 0.6) is 0 Å². The molecular weight excluding hydrogens is 394 g/mol. The predicted molar refractivity (Wildman–Crippen MR) is 90.9 cm³/mol. The van der Waals surface area contributed by atoms with E-state index >= 15 is 0 Å². The van der Waals surface area contributed by atoms with Crippen molar-refractivity contribution in [3.8, 4) is 6.07 Å². The highest BCUT2D eigenvalue weighted by Crippen LogP contribution is 2.39. The van der Waals surface area contributed by atoms with E-state index in [1.807, 2.05) is 0 Å². The Bertz CT molecular complexity index is 783. The van der Waals surface area contributed by atoms with Gasteiger partial charge >= 0.3 is 12.4 Å². The first-order valence-electron chi connectivity index (χ1n) is 7.87. The van der Waals surface area contributed by atoms with Gasteiger partial charge in [0.05, 0.1) is 22.7 Å². The van der Waals surface area contributed by atoms with E-state index in [0.29, 0.717) is 0 Å². The first-order valence-corrected chi connectivity index (χ1v) is 8.28. The molecule has 0 saturated carbocycles. The van der Waals surface area contributed by atoms with E-state index in [4.69, 9.17) is 17.5 Å². The molecular formula is C16H16F6N4S. The number of alkyl halides is 6. The van der Waals surface area contributed by atoms with E-state index in [0.717, 1.165) is 6.07 Å². The Morgan fingerprint density at radius 2 is 1.96 bits per heavy atom. The van der Waals surface area contributed by atoms with Crippen LogP contribution in [0.1, 0.15) is 37.0 Å². The number of thiocarbonyl (C=S) groups is 1. The van der Waals surface area contributed by atoms with Gasteiger partial charge in [0.15, 0.2) is 0 Å². The molecule has 0 amide bonds. The van der Waals surface area contributed by atoms with Crippen molar-refractivity contribution < 1.29 is 26.3 Å². The molecule has 0 radical (unpaired) electrons. The minimum atomic E-state index is -4.76. The Hall–Kier alpha value is -1.90. The molecule has 1 heterocycles. The van der Waals surface area contributed by atoms with Crippen LogP contribution in [0.4, 0.5) is 32.0 Å². The quantitative estimate of drug-likeness (QED) is 0.518. The summed E-state index contributed by atoms with van der Waals surface area (Å²) in [5.74, 6) is 0. The van der Waals surface area contributed by atoms with Gasteiger partial charge in [-0.1, -0.05) is 19.1 Å². The lowest BCUT2D eigenvalue weighted by atomic mass is 9.94. The smallest absolute Gasteiger partial charge is 0.348 e. The largest absolute Gasteiger partial charge is 0.418 e. The van der Waals surface area contributed by atoms with E-state index in [1.165, 1.54) is 26.0 Å². The van der Waals surface area contributed by atoms with Crippen LogP contribution in [0.15, 0.2) is 12.1 Å². The second-order valence-corrected chi connectivity index (χ2v) is 6.74. The molecule has 3 N–H and O–H groups in total. The average Bonchev–Trinajstić information content (AvgIpc) is 2.97. The minimum Gasteiger partial charge on any atom is -0.348 e. The van der Waals surface area contributed by atoms with Crippen LogP contribution < -0.4 is 16.2 Å². The molecule has 0 bridgehead atoms. The van der Waals surface area contributed by atoms with Gasteiger partial charge in [-0.3, -0.25) is 0 Å². The van der Waals surface area contributed by atoms with Crippen molar-refractivity contribution in [2.24, 2.45) is 0 Å². The highest BCUT2D eigenvalue weighted by atomic mass is 32.1. The number of rotatable bonds is 3. The lowest BCUT2D eigenvalue weighted by Crippen LogP contribution is -2.50. The maximum absolute atomic E-state index is 13.4. The molecule has 2 unspecified atom stereocenters. The van der Waals surface area contributed by atoms with Gasteiger partial charge in [0.1, 0.15) is 11.0 Å². The summed E-state index contributed by atoms with van der Waals surface area (Å²) in [6.07, 6.45) is -9.73. The van der Waals surface area contributed by atoms with E-state index < -0.39 is 41.5 Å². The molecule has 1 aliphatic heterocycles. The van der Waals surface area contributed by atoms with Crippen molar-refractivity contribution in [1.82, 2.24) is 10.9 Å². The maximum atomic E-state index is 13.4. The number of nitrogens with zero attached hydrogens (tertiary/aromatic N) is 1. The molecule has 0 aliphatic carbocycles. The van der Waals surface area contributed by atoms with Crippen molar-refractivity contribution in [2.45, 2.75) is 50.6 Å². The van der Waals surface area contributed by atoms with Gasteiger partial charge in [0.25, 0.3) is 0 Å². The highest BCUT2D eigenvalue weighted by molar-refractivity contribution is 7.80. The van der Waals surface area contributed by atoms with Gasteiger partial charge in [-0.15, -0.1) is 0 Å². The average molecular weight is 410 g/mol. The molecule has 148 valence electrons. The maximum Gasteiger partial charge on any atom is 0.418 e. The van der Waals surface area contributed by atoms with Crippen LogP contribution in [-0.4, -0.2) is 22.7 Å². The number of nitrogens with one attached hydrogen (secondary N) is 3. The molecule has 11 heteroatoms. The second-order valence-electron chi connectivity index (χ2n) is 6.33. The highest BCUT2D eigenvalue weighted by Gasteiger charge is 2.50. The summed E-state index contributed by atoms with van der Waals surface area (Å²) in [6.45, 7) is 2.90. The molecule has 2 rings (SSSR count). The SMILES string of the molecule is CCc1c(NC(=S)C2(C)CC(C(F)(F)F)NN2)ccc(C#N)c1C(F)(F)F. The zero-order chi connectivity index (χ0) is 20.6. The fourth-order valence-corrected chi connectivity index (χ4v) is 3.16. The fourth-order valence-electron chi connectivity index (χ4n) is 2.91. The summed E-state index contributed by atoms with van der Waals surface area (Å²) >= 11 is 5.16. The standard InChI is InChI=1S/C16H16F6N4S/c1-3-9-10(5-4-8(7-23)12(9)16(20,21)22)24-13(27)14(2)6-11(25-26-14)15(17,18)19/h4-5,11,25-26H,3,6H2,1-2H3,(H,24,27). The monoisotopic (exact) mass is 410 g/mol. The number of halogens is 6.